The Bertz CT molecular complexity index is 1440. The third-order valence-corrected chi connectivity index (χ3v) is 5.48. The summed E-state index contributed by atoms with van der Waals surface area (Å²) in [6.45, 7) is 0.507. The first-order valence-electron chi connectivity index (χ1n) is 11.0. The van der Waals surface area contributed by atoms with Crippen LogP contribution in [0.4, 0.5) is 35.1 Å². The molecular weight excluding hydrogens is 490 g/mol. The van der Waals surface area contributed by atoms with E-state index in [2.05, 4.69) is 30.7 Å². The Morgan fingerprint density at radius 3 is 2.51 bits per heavy atom. The van der Waals surface area contributed by atoms with E-state index in [1.54, 1.807) is 32.0 Å². The maximum absolute atomic E-state index is 14.1. The number of aromatic nitrogens is 5. The molecule has 0 radical (unpaired) electrons. The van der Waals surface area contributed by atoms with Crippen LogP contribution in [0.15, 0.2) is 48.7 Å². The number of halogens is 4. The van der Waals surface area contributed by atoms with E-state index in [0.717, 1.165) is 18.5 Å². The van der Waals surface area contributed by atoms with Gasteiger partial charge in [0.05, 0.1) is 11.2 Å². The van der Waals surface area contributed by atoms with Crippen molar-refractivity contribution in [2.24, 2.45) is 0 Å². The average Bonchev–Trinajstić information content (AvgIpc) is 3.37. The predicted octanol–water partition coefficient (Wildman–Crippen LogP) is 4.95. The second-order valence-electron chi connectivity index (χ2n) is 8.57. The lowest BCUT2D eigenvalue weighted by molar-refractivity contribution is 0.0558. The summed E-state index contributed by atoms with van der Waals surface area (Å²) in [4.78, 5) is 13.1. The van der Waals surface area contributed by atoms with Crippen LogP contribution in [0.1, 0.15) is 37.2 Å². The van der Waals surface area contributed by atoms with E-state index in [4.69, 9.17) is 11.1 Å². The van der Waals surface area contributed by atoms with E-state index in [-0.39, 0.29) is 29.8 Å². The Hall–Kier alpha value is -4.55. The first-order valence-corrected chi connectivity index (χ1v) is 11.0. The molecule has 192 valence electrons. The lowest BCUT2D eigenvalue weighted by Crippen LogP contribution is -2.30. The summed E-state index contributed by atoms with van der Waals surface area (Å²) >= 11 is 0. The number of nitrogens with two attached hydrogens (primary N) is 1. The van der Waals surface area contributed by atoms with Crippen molar-refractivity contribution in [1.82, 2.24) is 24.7 Å². The van der Waals surface area contributed by atoms with E-state index < -0.39 is 23.7 Å². The zero-order chi connectivity index (χ0) is 26.7. The molecule has 0 saturated heterocycles. The molecule has 0 spiro atoms. The monoisotopic (exact) mass is 513 g/mol. The van der Waals surface area contributed by atoms with Gasteiger partial charge in [0.2, 0.25) is 11.9 Å². The van der Waals surface area contributed by atoms with Crippen LogP contribution in [0.3, 0.4) is 0 Å². The van der Waals surface area contributed by atoms with Gasteiger partial charge in [-0.05, 0) is 32.0 Å². The number of hydrogen-bond acceptors (Lipinski definition) is 8. The highest BCUT2D eigenvalue weighted by atomic mass is 19.3. The summed E-state index contributed by atoms with van der Waals surface area (Å²) in [5.74, 6) is -1.67. The molecular formula is C24H23F4N9. The van der Waals surface area contributed by atoms with E-state index in [1.807, 2.05) is 0 Å². The Labute approximate surface area is 209 Å². The molecule has 5 N–H and O–H groups in total. The van der Waals surface area contributed by atoms with Gasteiger partial charge in [0, 0.05) is 41.3 Å². The van der Waals surface area contributed by atoms with E-state index in [0.29, 0.717) is 27.2 Å². The molecule has 0 aliphatic carbocycles. The molecule has 2 heterocycles. The number of benzene rings is 2. The molecule has 2 aromatic heterocycles. The van der Waals surface area contributed by atoms with Crippen LogP contribution in [-0.2, 0) is 12.1 Å². The number of nitrogens with zero attached hydrogens (tertiary/aromatic N) is 5. The summed E-state index contributed by atoms with van der Waals surface area (Å²) in [5.41, 5.74) is 6.75. The quantitative estimate of drug-likeness (QED) is 0.142. The molecule has 9 nitrogen and oxygen atoms in total. The molecule has 13 heteroatoms. The highest BCUT2D eigenvalue weighted by Crippen LogP contribution is 2.27. The summed E-state index contributed by atoms with van der Waals surface area (Å²) in [6, 6.07) is 10.2. The number of rotatable bonds is 9. The van der Waals surface area contributed by atoms with Gasteiger partial charge in [-0.3, -0.25) is 0 Å². The van der Waals surface area contributed by atoms with E-state index >= 15 is 0 Å². The number of nitrogen functional groups attached to an aromatic ring is 1. The minimum Gasteiger partial charge on any atom is -0.398 e. The fourth-order valence-corrected chi connectivity index (χ4v) is 3.47. The van der Waals surface area contributed by atoms with Crippen molar-refractivity contribution in [2.45, 2.75) is 32.5 Å². The van der Waals surface area contributed by atoms with Crippen LogP contribution in [0.2, 0.25) is 0 Å². The van der Waals surface area contributed by atoms with Crippen molar-refractivity contribution < 1.29 is 17.6 Å². The maximum atomic E-state index is 14.1. The van der Waals surface area contributed by atoms with E-state index in [9.17, 15) is 17.6 Å². The van der Waals surface area contributed by atoms with Crippen molar-refractivity contribution in [3.05, 3.63) is 77.1 Å². The fourth-order valence-electron chi connectivity index (χ4n) is 3.47. The van der Waals surface area contributed by atoms with Crippen molar-refractivity contribution in [1.29, 1.82) is 5.41 Å². The van der Waals surface area contributed by atoms with Crippen LogP contribution >= 0.6 is 0 Å². The predicted molar refractivity (Wildman–Crippen MR) is 131 cm³/mol. The number of nitrogens with one attached hydrogen (secondary N) is 3. The second kappa shape index (κ2) is 10.2. The lowest BCUT2D eigenvalue weighted by Gasteiger charge is -2.24. The van der Waals surface area contributed by atoms with Gasteiger partial charge >= 0.3 is 6.55 Å². The van der Waals surface area contributed by atoms with Crippen LogP contribution < -0.4 is 16.4 Å². The van der Waals surface area contributed by atoms with E-state index in [1.165, 1.54) is 18.2 Å². The van der Waals surface area contributed by atoms with Crippen LogP contribution in [0.25, 0.3) is 11.4 Å². The number of hydrogen-bond donors (Lipinski definition) is 4. The zero-order valence-corrected chi connectivity index (χ0v) is 19.8. The van der Waals surface area contributed by atoms with Crippen LogP contribution in [0.5, 0.6) is 0 Å². The Balaban J connectivity index is 1.70. The zero-order valence-electron chi connectivity index (χ0n) is 19.8. The van der Waals surface area contributed by atoms with Crippen molar-refractivity contribution in [3.63, 3.8) is 0 Å². The Morgan fingerprint density at radius 2 is 1.84 bits per heavy atom. The summed E-state index contributed by atoms with van der Waals surface area (Å²) in [5, 5.41) is 17.3. The molecule has 37 heavy (non-hydrogen) atoms. The molecule has 0 aliphatic rings. The Morgan fingerprint density at radius 1 is 1.08 bits per heavy atom. The third kappa shape index (κ3) is 5.66. The first kappa shape index (κ1) is 25.5. The van der Waals surface area contributed by atoms with Gasteiger partial charge in [-0.1, -0.05) is 24.3 Å². The Kier molecular flexibility index (Phi) is 7.05. The van der Waals surface area contributed by atoms with Gasteiger partial charge in [-0.25, -0.2) is 13.5 Å². The van der Waals surface area contributed by atoms with Crippen LogP contribution in [-0.4, -0.2) is 30.9 Å². The fraction of sp³-hybridized carbons (Fsp3) is 0.208. The maximum Gasteiger partial charge on any atom is 0.333 e. The first-order chi connectivity index (χ1) is 17.6. The molecule has 0 fully saturated rings. The lowest BCUT2D eigenvalue weighted by atomic mass is 10.0. The van der Waals surface area contributed by atoms with Crippen LogP contribution in [0, 0.1) is 17.0 Å². The molecule has 0 saturated carbocycles. The molecule has 4 rings (SSSR count). The molecule has 0 unspecified atom stereocenters. The largest absolute Gasteiger partial charge is 0.398 e. The highest BCUT2D eigenvalue weighted by Gasteiger charge is 2.26. The average molecular weight is 514 g/mol. The highest BCUT2D eigenvalue weighted by molar-refractivity contribution is 5.86. The smallest absolute Gasteiger partial charge is 0.333 e. The topological polar surface area (TPSA) is 130 Å². The summed E-state index contributed by atoms with van der Waals surface area (Å²) in [7, 11) is 0. The van der Waals surface area contributed by atoms with Gasteiger partial charge in [0.1, 0.15) is 0 Å². The molecule has 0 atom stereocenters. The van der Waals surface area contributed by atoms with Crippen molar-refractivity contribution >= 4 is 23.8 Å². The van der Waals surface area contributed by atoms with Gasteiger partial charge in [0.15, 0.2) is 17.5 Å². The minimum absolute atomic E-state index is 0.0415. The standard InChI is InChI=1S/C24H23F4N9/c1-24(2,18-8-9-37(36-18)21(27)28)35-23-33-20(13-6-7-14(11-29)17(30)10-13)32-22(34-23)31-12-15-4-3-5-16(25)19(15)26/h3-11,21,29H,12,30H2,1-2H3,(H2,31,32,33,34,35). The van der Waals surface area contributed by atoms with Crippen molar-refractivity contribution in [3.8, 4) is 11.4 Å². The molecule has 0 bridgehead atoms. The SMILES string of the molecule is CC(C)(Nc1nc(NCc2cccc(F)c2F)nc(-c2ccc(C=N)c(N)c2)n1)c1ccn(C(F)F)n1. The van der Waals surface area contributed by atoms with Gasteiger partial charge in [-0.2, -0.15) is 28.8 Å². The normalized spacial score (nSPS) is 11.5. The van der Waals surface area contributed by atoms with Gasteiger partial charge < -0.3 is 21.8 Å². The molecule has 0 amide bonds. The van der Waals surface area contributed by atoms with Gasteiger partial charge in [-0.15, -0.1) is 0 Å². The minimum atomic E-state index is -2.79. The molecule has 2 aromatic carbocycles. The van der Waals surface area contributed by atoms with Gasteiger partial charge in [0.25, 0.3) is 0 Å². The number of alkyl halides is 2. The second-order valence-corrected chi connectivity index (χ2v) is 8.57. The number of anilines is 3. The molecule has 4 aromatic rings. The molecule has 0 aliphatic heterocycles. The summed E-state index contributed by atoms with van der Waals surface area (Å²) < 4.78 is 54.3. The third-order valence-electron chi connectivity index (χ3n) is 5.48. The van der Waals surface area contributed by atoms with Crippen molar-refractivity contribution in [2.75, 3.05) is 16.4 Å². The summed E-state index contributed by atoms with van der Waals surface area (Å²) in [6.07, 6.45) is 2.28.